The van der Waals surface area contributed by atoms with Crippen molar-refractivity contribution in [3.05, 3.63) is 24.9 Å². The number of nitrogens with one attached hydrogen (secondary N) is 1. The second kappa shape index (κ2) is 4.59. The molecular formula is C11H16N3O+. The number of aromatic nitrogens is 1. The van der Waals surface area contributed by atoms with Crippen LogP contribution in [0.2, 0.25) is 0 Å². The first-order valence-corrected chi connectivity index (χ1v) is 4.65. The van der Waals surface area contributed by atoms with Crippen molar-refractivity contribution in [3.63, 3.8) is 0 Å². The van der Waals surface area contributed by atoms with Crippen LogP contribution >= 0.6 is 0 Å². The van der Waals surface area contributed by atoms with Gasteiger partial charge in [0, 0.05) is 18.8 Å². The van der Waals surface area contributed by atoms with Gasteiger partial charge >= 0.3 is 0 Å². The zero-order valence-corrected chi connectivity index (χ0v) is 9.32. The Balaban J connectivity index is 3.26. The van der Waals surface area contributed by atoms with Gasteiger partial charge in [-0.2, -0.15) is 4.57 Å². The van der Waals surface area contributed by atoms with Gasteiger partial charge < -0.3 is 5.32 Å². The van der Waals surface area contributed by atoms with Gasteiger partial charge in [-0.3, -0.25) is 9.69 Å². The number of hydrogen-bond donors (Lipinski definition) is 1. The lowest BCUT2D eigenvalue weighted by molar-refractivity contribution is -0.562. The molecule has 1 aromatic heterocycles. The van der Waals surface area contributed by atoms with E-state index >= 15 is 0 Å². The summed E-state index contributed by atoms with van der Waals surface area (Å²) in [6.07, 6.45) is 2.56. The Bertz CT molecular complexity index is 385. The fraction of sp³-hybridized carbons (Fsp3) is 0.273. The molecule has 0 aromatic carbocycles. The summed E-state index contributed by atoms with van der Waals surface area (Å²) in [5.41, 5.74) is 1.41. The minimum absolute atomic E-state index is 0.418. The molecular weight excluding hydrogens is 190 g/mol. The number of carbonyl (C=O) groups is 1. The van der Waals surface area contributed by atoms with Crippen molar-refractivity contribution in [2.75, 3.05) is 31.4 Å². The summed E-state index contributed by atoms with van der Waals surface area (Å²) in [6, 6.07) is 3.84. The van der Waals surface area contributed by atoms with Crippen LogP contribution in [0.4, 0.5) is 11.5 Å². The molecule has 80 valence electrons. The molecule has 0 bridgehead atoms. The van der Waals surface area contributed by atoms with E-state index in [4.69, 9.17) is 0 Å². The predicted octanol–water partition coefficient (Wildman–Crippen LogP) is 0.751. The van der Waals surface area contributed by atoms with Crippen LogP contribution in [0.5, 0.6) is 0 Å². The highest BCUT2D eigenvalue weighted by atomic mass is 16.1. The molecule has 1 heterocycles. The lowest BCUT2D eigenvalue weighted by Gasteiger charge is -2.11. The van der Waals surface area contributed by atoms with Crippen molar-refractivity contribution in [1.82, 2.24) is 0 Å². The third-order valence-electron chi connectivity index (χ3n) is 2.13. The summed E-state index contributed by atoms with van der Waals surface area (Å²) in [5, 5.41) is 3.05. The average Bonchev–Trinajstić information content (AvgIpc) is 2.27. The minimum Gasteiger partial charge on any atom is -0.388 e. The van der Waals surface area contributed by atoms with Gasteiger partial charge in [-0.05, 0) is 6.58 Å². The molecule has 1 N–H and O–H groups in total. The van der Waals surface area contributed by atoms with E-state index in [-0.39, 0.29) is 0 Å². The second-order valence-corrected chi connectivity index (χ2v) is 3.40. The molecule has 0 saturated carbocycles. The Morgan fingerprint density at radius 3 is 2.73 bits per heavy atom. The van der Waals surface area contributed by atoms with Crippen LogP contribution in [0.25, 0.3) is 5.70 Å². The fourth-order valence-electron chi connectivity index (χ4n) is 1.29. The van der Waals surface area contributed by atoms with E-state index in [9.17, 15) is 4.79 Å². The summed E-state index contributed by atoms with van der Waals surface area (Å²) in [6.45, 7) is 3.69. The molecule has 1 rings (SSSR count). The summed E-state index contributed by atoms with van der Waals surface area (Å²) in [4.78, 5) is 12.6. The monoisotopic (exact) mass is 206 g/mol. The van der Waals surface area contributed by atoms with Crippen molar-refractivity contribution < 1.29 is 9.36 Å². The maximum Gasteiger partial charge on any atom is 0.283 e. The second-order valence-electron chi connectivity index (χ2n) is 3.40. The zero-order valence-electron chi connectivity index (χ0n) is 9.32. The first kappa shape index (κ1) is 11.2. The first-order chi connectivity index (χ1) is 7.10. The molecule has 0 radical (unpaired) electrons. The molecule has 0 amide bonds. The standard InChI is InChI=1S/C11H15N3O/c1-9(8-15)14-6-5-10(12-2)7-11(14)13(3)4/h5-8H,1H2,2-4H3/p+1. The van der Waals surface area contributed by atoms with E-state index < -0.39 is 0 Å². The Morgan fingerprint density at radius 2 is 2.27 bits per heavy atom. The van der Waals surface area contributed by atoms with Crippen molar-refractivity contribution in [3.8, 4) is 0 Å². The van der Waals surface area contributed by atoms with E-state index in [0.29, 0.717) is 5.70 Å². The highest BCUT2D eigenvalue weighted by Crippen LogP contribution is 2.13. The molecule has 0 aliphatic rings. The number of carbonyl (C=O) groups excluding carboxylic acids is 1. The molecule has 15 heavy (non-hydrogen) atoms. The molecule has 0 atom stereocenters. The van der Waals surface area contributed by atoms with Gasteiger partial charge in [0.25, 0.3) is 5.82 Å². The third-order valence-corrected chi connectivity index (χ3v) is 2.13. The van der Waals surface area contributed by atoms with Gasteiger partial charge in [-0.25, -0.2) is 0 Å². The summed E-state index contributed by atoms with van der Waals surface area (Å²) in [7, 11) is 5.69. The molecule has 0 fully saturated rings. The highest BCUT2D eigenvalue weighted by Gasteiger charge is 2.14. The number of aldehydes is 1. The van der Waals surface area contributed by atoms with Crippen LogP contribution in [0.3, 0.4) is 0 Å². The lowest BCUT2D eigenvalue weighted by atomic mass is 10.3. The number of nitrogens with zero attached hydrogens (tertiary/aromatic N) is 2. The SMILES string of the molecule is C=C(C=O)[n+]1ccc(NC)cc1N(C)C. The normalized spacial score (nSPS) is 9.53. The number of allylic oxidation sites excluding steroid dienone is 1. The van der Waals surface area contributed by atoms with Crippen molar-refractivity contribution in [2.45, 2.75) is 0 Å². The molecule has 0 spiro atoms. The largest absolute Gasteiger partial charge is 0.388 e. The van der Waals surface area contributed by atoms with E-state index in [1.807, 2.05) is 44.4 Å². The molecule has 0 saturated heterocycles. The topological polar surface area (TPSA) is 36.2 Å². The Morgan fingerprint density at radius 1 is 1.60 bits per heavy atom. The predicted molar refractivity (Wildman–Crippen MR) is 61.9 cm³/mol. The summed E-state index contributed by atoms with van der Waals surface area (Å²) >= 11 is 0. The number of anilines is 2. The van der Waals surface area contributed by atoms with Crippen molar-refractivity contribution in [2.24, 2.45) is 0 Å². The highest BCUT2D eigenvalue weighted by molar-refractivity contribution is 5.92. The smallest absolute Gasteiger partial charge is 0.283 e. The van der Waals surface area contributed by atoms with Crippen LogP contribution in [-0.4, -0.2) is 27.4 Å². The van der Waals surface area contributed by atoms with E-state index in [2.05, 4.69) is 11.9 Å². The van der Waals surface area contributed by atoms with Crippen LogP contribution in [-0.2, 0) is 4.79 Å². The quantitative estimate of drug-likeness (QED) is 0.448. The van der Waals surface area contributed by atoms with E-state index in [1.54, 1.807) is 4.57 Å². The average molecular weight is 206 g/mol. The Labute approximate surface area is 89.8 Å². The first-order valence-electron chi connectivity index (χ1n) is 4.65. The maximum atomic E-state index is 10.7. The van der Waals surface area contributed by atoms with Gasteiger partial charge in [0.05, 0.1) is 26.4 Å². The van der Waals surface area contributed by atoms with Gasteiger partial charge in [0.2, 0.25) is 0 Å². The van der Waals surface area contributed by atoms with Gasteiger partial charge in [-0.1, -0.05) is 0 Å². The number of hydrogen-bond acceptors (Lipinski definition) is 3. The van der Waals surface area contributed by atoms with Crippen molar-refractivity contribution >= 4 is 23.5 Å². The Kier molecular flexibility index (Phi) is 3.44. The molecule has 0 aliphatic heterocycles. The molecule has 4 nitrogen and oxygen atoms in total. The minimum atomic E-state index is 0.418. The Hall–Kier alpha value is -1.84. The summed E-state index contributed by atoms with van der Waals surface area (Å²) < 4.78 is 1.74. The molecule has 0 unspecified atom stereocenters. The van der Waals surface area contributed by atoms with Crippen LogP contribution in [0.1, 0.15) is 0 Å². The summed E-state index contributed by atoms with van der Waals surface area (Å²) in [5.74, 6) is 0.902. The van der Waals surface area contributed by atoms with Crippen LogP contribution in [0.15, 0.2) is 24.9 Å². The number of rotatable bonds is 4. The van der Waals surface area contributed by atoms with Gasteiger partial charge in [-0.15, -0.1) is 0 Å². The lowest BCUT2D eigenvalue weighted by Crippen LogP contribution is -2.38. The molecule has 4 heteroatoms. The maximum absolute atomic E-state index is 10.7. The third kappa shape index (κ3) is 2.34. The molecule has 1 aromatic rings. The van der Waals surface area contributed by atoms with Crippen LogP contribution < -0.4 is 14.8 Å². The fourth-order valence-corrected chi connectivity index (χ4v) is 1.29. The van der Waals surface area contributed by atoms with Crippen LogP contribution in [0, 0.1) is 0 Å². The van der Waals surface area contributed by atoms with Gasteiger partial charge in [0.1, 0.15) is 0 Å². The molecule has 0 aliphatic carbocycles. The zero-order chi connectivity index (χ0) is 11.4. The van der Waals surface area contributed by atoms with Gasteiger partial charge in [0.15, 0.2) is 12.0 Å². The van der Waals surface area contributed by atoms with E-state index in [1.165, 1.54) is 0 Å². The van der Waals surface area contributed by atoms with Crippen molar-refractivity contribution in [1.29, 1.82) is 0 Å². The number of pyridine rings is 1. The van der Waals surface area contributed by atoms with E-state index in [0.717, 1.165) is 17.8 Å².